The number of aliphatic hydroxyl groups is 1. The monoisotopic (exact) mass is 338 g/mol. The number of aryl methyl sites for hydroxylation is 1. The van der Waals surface area contributed by atoms with Crippen LogP contribution >= 0.6 is 0 Å². The van der Waals surface area contributed by atoms with Crippen molar-refractivity contribution in [3.8, 4) is 5.75 Å². The van der Waals surface area contributed by atoms with Gasteiger partial charge in [0, 0.05) is 49.3 Å². The van der Waals surface area contributed by atoms with Crippen molar-refractivity contribution in [3.63, 3.8) is 0 Å². The van der Waals surface area contributed by atoms with Crippen LogP contribution in [0.15, 0.2) is 29.8 Å². The van der Waals surface area contributed by atoms with E-state index in [0.29, 0.717) is 30.5 Å². The van der Waals surface area contributed by atoms with Gasteiger partial charge in [-0.25, -0.2) is 0 Å². The number of piperidine rings is 3. The minimum atomic E-state index is 0.295. The molecule has 0 saturated carbocycles. The van der Waals surface area contributed by atoms with Gasteiger partial charge in [0.15, 0.2) is 0 Å². The van der Waals surface area contributed by atoms with Crippen LogP contribution in [0.4, 0.5) is 0 Å². The number of aromatic nitrogens is 1. The molecule has 0 amide bonds. The highest BCUT2D eigenvalue weighted by molar-refractivity contribution is 5.87. The Hall–Kier alpha value is -1.78. The lowest BCUT2D eigenvalue weighted by molar-refractivity contribution is -0.0513. The number of rotatable bonds is 2. The van der Waals surface area contributed by atoms with Crippen LogP contribution < -0.4 is 4.74 Å². The molecule has 1 N–H and O–H groups in total. The lowest BCUT2D eigenvalue weighted by Gasteiger charge is -2.58. The van der Waals surface area contributed by atoms with E-state index in [1.165, 1.54) is 27.7 Å². The highest BCUT2D eigenvalue weighted by Gasteiger charge is 2.52. The second-order valence-electron chi connectivity index (χ2n) is 7.82. The van der Waals surface area contributed by atoms with Crippen molar-refractivity contribution in [2.24, 2.45) is 18.9 Å². The Bertz CT molecular complexity index is 882. The Morgan fingerprint density at radius 3 is 2.92 bits per heavy atom. The molecule has 3 fully saturated rings. The summed E-state index contributed by atoms with van der Waals surface area (Å²) in [4.78, 5) is 2.66. The topological polar surface area (TPSA) is 37.6 Å². The molecule has 132 valence electrons. The number of allylic oxidation sites excluding steroid dienone is 1. The molecule has 2 aromatic rings. The first-order chi connectivity index (χ1) is 12.2. The molecule has 0 radical (unpaired) electrons. The highest BCUT2D eigenvalue weighted by atomic mass is 16.5. The van der Waals surface area contributed by atoms with Gasteiger partial charge in [-0.2, -0.15) is 0 Å². The van der Waals surface area contributed by atoms with Crippen molar-refractivity contribution >= 4 is 10.9 Å². The summed E-state index contributed by atoms with van der Waals surface area (Å²) in [7, 11) is 3.93. The van der Waals surface area contributed by atoms with Gasteiger partial charge in [-0.3, -0.25) is 4.90 Å². The Morgan fingerprint density at radius 2 is 2.20 bits per heavy atom. The van der Waals surface area contributed by atoms with Crippen LogP contribution in [0.2, 0.25) is 0 Å². The summed E-state index contributed by atoms with van der Waals surface area (Å²) in [6.07, 6.45) is 4.46. The maximum atomic E-state index is 10.1. The van der Waals surface area contributed by atoms with E-state index in [4.69, 9.17) is 4.74 Å². The minimum Gasteiger partial charge on any atom is -0.497 e. The van der Waals surface area contributed by atoms with Crippen molar-refractivity contribution in [3.05, 3.63) is 41.1 Å². The van der Waals surface area contributed by atoms with Crippen molar-refractivity contribution in [1.82, 2.24) is 9.47 Å². The number of methoxy groups -OCH3 is 1. The Morgan fingerprint density at radius 1 is 1.36 bits per heavy atom. The number of benzene rings is 1. The van der Waals surface area contributed by atoms with Crippen LogP contribution in [0.1, 0.15) is 30.6 Å². The van der Waals surface area contributed by atoms with E-state index < -0.39 is 0 Å². The number of nitrogens with zero attached hydrogens (tertiary/aromatic N) is 2. The average Bonchev–Trinajstić information content (AvgIpc) is 2.93. The number of fused-ring (bicyclic) bond motifs is 4. The van der Waals surface area contributed by atoms with Gasteiger partial charge in [0.1, 0.15) is 5.75 Å². The summed E-state index contributed by atoms with van der Waals surface area (Å²) < 4.78 is 7.83. The summed E-state index contributed by atoms with van der Waals surface area (Å²) in [5.74, 6) is 1.83. The molecule has 25 heavy (non-hydrogen) atoms. The molecule has 3 saturated heterocycles. The molecule has 1 aromatic carbocycles. The zero-order valence-corrected chi connectivity index (χ0v) is 15.2. The molecular formula is C21H26N2O2. The number of hydrogen-bond donors (Lipinski definition) is 1. The van der Waals surface area contributed by atoms with Gasteiger partial charge in [-0.05, 0) is 43.4 Å². The van der Waals surface area contributed by atoms with E-state index in [0.717, 1.165) is 25.1 Å². The van der Waals surface area contributed by atoms with Crippen LogP contribution in [-0.4, -0.2) is 40.9 Å². The molecule has 4 bridgehead atoms. The van der Waals surface area contributed by atoms with Gasteiger partial charge < -0.3 is 14.4 Å². The SMILES string of the molecule is C/C=C1/CN2[C@H]3C[C@@H]1C(CO)[C@@H]2Cc1c3n(C)c2cc(OC)ccc12. The van der Waals surface area contributed by atoms with Crippen LogP contribution in [0.5, 0.6) is 5.75 Å². The smallest absolute Gasteiger partial charge is 0.120 e. The molecule has 0 aliphatic carbocycles. The number of ether oxygens (including phenoxy) is 1. The van der Waals surface area contributed by atoms with Crippen LogP contribution in [0, 0.1) is 11.8 Å². The molecular weight excluding hydrogens is 312 g/mol. The molecule has 6 rings (SSSR count). The average molecular weight is 338 g/mol. The molecule has 5 atom stereocenters. The van der Waals surface area contributed by atoms with Gasteiger partial charge in [0.2, 0.25) is 0 Å². The predicted octanol–water partition coefficient (Wildman–Crippen LogP) is 3.04. The molecule has 2 unspecified atom stereocenters. The van der Waals surface area contributed by atoms with Gasteiger partial charge in [0.25, 0.3) is 0 Å². The van der Waals surface area contributed by atoms with E-state index >= 15 is 0 Å². The molecule has 1 aromatic heterocycles. The van der Waals surface area contributed by atoms with Crippen LogP contribution in [0.3, 0.4) is 0 Å². The van der Waals surface area contributed by atoms with E-state index in [2.05, 4.69) is 47.7 Å². The second-order valence-corrected chi connectivity index (χ2v) is 7.82. The van der Waals surface area contributed by atoms with Gasteiger partial charge >= 0.3 is 0 Å². The fraction of sp³-hybridized carbons (Fsp3) is 0.524. The molecule has 5 heterocycles. The molecule has 4 aliphatic rings. The first kappa shape index (κ1) is 15.5. The lowest BCUT2D eigenvalue weighted by Crippen LogP contribution is -2.61. The predicted molar refractivity (Wildman–Crippen MR) is 98.8 cm³/mol. The van der Waals surface area contributed by atoms with Gasteiger partial charge in [-0.15, -0.1) is 0 Å². The van der Waals surface area contributed by atoms with Crippen molar-refractivity contribution in [2.75, 3.05) is 20.3 Å². The fourth-order valence-electron chi connectivity index (χ4n) is 5.86. The summed E-state index contributed by atoms with van der Waals surface area (Å²) in [5.41, 5.74) is 5.76. The molecule has 0 spiro atoms. The number of aliphatic hydroxyl groups excluding tert-OH is 1. The summed E-state index contributed by atoms with van der Waals surface area (Å²) >= 11 is 0. The first-order valence-electron chi connectivity index (χ1n) is 9.34. The maximum Gasteiger partial charge on any atom is 0.120 e. The van der Waals surface area contributed by atoms with E-state index in [-0.39, 0.29) is 0 Å². The Labute approximate surface area is 148 Å². The molecule has 4 heteroatoms. The maximum absolute atomic E-state index is 10.1. The summed E-state index contributed by atoms with van der Waals surface area (Å²) in [5, 5.41) is 11.5. The first-order valence-corrected chi connectivity index (χ1v) is 9.34. The van der Waals surface area contributed by atoms with E-state index in [1.54, 1.807) is 7.11 Å². The summed E-state index contributed by atoms with van der Waals surface area (Å²) in [6.45, 7) is 3.51. The van der Waals surface area contributed by atoms with E-state index in [9.17, 15) is 5.11 Å². The Balaban J connectivity index is 1.70. The van der Waals surface area contributed by atoms with Gasteiger partial charge in [0.05, 0.1) is 18.7 Å². The normalized spacial score (nSPS) is 34.6. The minimum absolute atomic E-state index is 0.295. The second kappa shape index (κ2) is 5.36. The molecule has 4 aliphatic heterocycles. The van der Waals surface area contributed by atoms with Crippen molar-refractivity contribution < 1.29 is 9.84 Å². The third-order valence-electron chi connectivity index (χ3n) is 7.03. The quantitative estimate of drug-likeness (QED) is 0.855. The fourth-order valence-corrected chi connectivity index (χ4v) is 5.86. The summed E-state index contributed by atoms with van der Waals surface area (Å²) in [6, 6.07) is 7.39. The van der Waals surface area contributed by atoms with Crippen molar-refractivity contribution in [2.45, 2.75) is 31.8 Å². The third-order valence-corrected chi connectivity index (χ3v) is 7.03. The van der Waals surface area contributed by atoms with E-state index in [1.807, 2.05) is 0 Å². The van der Waals surface area contributed by atoms with Crippen LogP contribution in [-0.2, 0) is 13.5 Å². The highest BCUT2D eigenvalue weighted by Crippen LogP contribution is 2.54. The molecule has 4 nitrogen and oxygen atoms in total. The standard InChI is InChI=1S/C21H26N2O2/c1-4-12-10-23-19-9-16-14-6-5-13(25-3)7-18(14)22(2)21(16)20(23)8-15(12)17(19)11-24/h4-7,15,17,19-20,24H,8-11H2,1-3H3/b12-4-/t15-,17?,19-,20-/m0/s1. The third kappa shape index (κ3) is 1.90. The lowest BCUT2D eigenvalue weighted by atomic mass is 9.64. The largest absolute Gasteiger partial charge is 0.497 e. The van der Waals surface area contributed by atoms with Gasteiger partial charge in [-0.1, -0.05) is 11.6 Å². The zero-order chi connectivity index (χ0) is 17.3. The van der Waals surface area contributed by atoms with Crippen molar-refractivity contribution in [1.29, 1.82) is 0 Å². The Kier molecular flexibility index (Phi) is 3.32. The zero-order valence-electron chi connectivity index (χ0n) is 15.2. The number of hydrogen-bond acceptors (Lipinski definition) is 3. The van der Waals surface area contributed by atoms with Crippen LogP contribution in [0.25, 0.3) is 10.9 Å².